The first-order chi connectivity index (χ1) is 9.29. The van der Waals surface area contributed by atoms with Crippen LogP contribution in [0.5, 0.6) is 0 Å². The highest BCUT2D eigenvalue weighted by molar-refractivity contribution is 9.10. The lowest BCUT2D eigenvalue weighted by Crippen LogP contribution is -2.14. The number of rotatable bonds is 3. The fourth-order valence-corrected chi connectivity index (χ4v) is 3.79. The van der Waals surface area contributed by atoms with E-state index in [1.54, 1.807) is 44.2 Å². The summed E-state index contributed by atoms with van der Waals surface area (Å²) in [4.78, 5) is 0.236. The molecule has 20 heavy (non-hydrogen) atoms. The van der Waals surface area contributed by atoms with Gasteiger partial charge in [0.2, 0.25) is 0 Å². The summed E-state index contributed by atoms with van der Waals surface area (Å²) in [5.74, 6) is 0. The number of aryl methyl sites for hydroxylation is 2. The zero-order chi connectivity index (χ0) is 14.9. The van der Waals surface area contributed by atoms with Crippen molar-refractivity contribution < 1.29 is 8.42 Å². The van der Waals surface area contributed by atoms with E-state index in [0.29, 0.717) is 16.3 Å². The van der Waals surface area contributed by atoms with Gasteiger partial charge in [-0.15, -0.1) is 0 Å². The zero-order valence-corrected chi connectivity index (χ0v) is 14.1. The average Bonchev–Trinajstić information content (AvgIpc) is 2.33. The molecule has 0 spiro atoms. The van der Waals surface area contributed by atoms with Crippen LogP contribution in [0.1, 0.15) is 11.1 Å². The van der Waals surface area contributed by atoms with Crippen LogP contribution in [0.15, 0.2) is 45.8 Å². The van der Waals surface area contributed by atoms with Gasteiger partial charge in [-0.3, -0.25) is 4.72 Å². The van der Waals surface area contributed by atoms with Crippen molar-refractivity contribution in [1.29, 1.82) is 0 Å². The van der Waals surface area contributed by atoms with Crippen LogP contribution in [-0.2, 0) is 10.0 Å². The molecule has 0 aliphatic rings. The van der Waals surface area contributed by atoms with E-state index in [-0.39, 0.29) is 4.90 Å². The van der Waals surface area contributed by atoms with E-state index in [1.807, 2.05) is 6.07 Å². The van der Waals surface area contributed by atoms with Crippen molar-refractivity contribution in [3.8, 4) is 0 Å². The van der Waals surface area contributed by atoms with Gasteiger partial charge in [-0.2, -0.15) is 0 Å². The maximum absolute atomic E-state index is 12.4. The minimum Gasteiger partial charge on any atom is -0.280 e. The van der Waals surface area contributed by atoms with Crippen LogP contribution in [0.3, 0.4) is 0 Å². The molecule has 2 rings (SSSR count). The molecule has 0 bridgehead atoms. The second kappa shape index (κ2) is 5.76. The minimum absolute atomic E-state index is 0.236. The second-order valence-corrected chi connectivity index (χ2v) is 7.46. The lowest BCUT2D eigenvalue weighted by molar-refractivity contribution is 0.600. The van der Waals surface area contributed by atoms with Gasteiger partial charge in [-0.1, -0.05) is 33.6 Å². The van der Waals surface area contributed by atoms with E-state index in [1.165, 1.54) is 0 Å². The quantitative estimate of drug-likeness (QED) is 0.858. The smallest absolute Gasteiger partial charge is 0.262 e. The number of sulfonamides is 1. The third-order valence-corrected chi connectivity index (χ3v) is 5.25. The highest BCUT2D eigenvalue weighted by Crippen LogP contribution is 2.26. The van der Waals surface area contributed by atoms with Crippen LogP contribution in [0.2, 0.25) is 5.02 Å². The van der Waals surface area contributed by atoms with E-state index in [4.69, 9.17) is 11.6 Å². The van der Waals surface area contributed by atoms with Crippen molar-refractivity contribution in [1.82, 2.24) is 0 Å². The number of hydrogen-bond acceptors (Lipinski definition) is 2. The maximum atomic E-state index is 12.4. The summed E-state index contributed by atoms with van der Waals surface area (Å²) in [6.45, 7) is 3.50. The molecule has 0 fully saturated rings. The first kappa shape index (κ1) is 15.4. The summed E-state index contributed by atoms with van der Waals surface area (Å²) in [6, 6.07) is 10.2. The first-order valence-electron chi connectivity index (χ1n) is 5.85. The van der Waals surface area contributed by atoms with Gasteiger partial charge in [0.15, 0.2) is 0 Å². The van der Waals surface area contributed by atoms with Gasteiger partial charge in [-0.05, 0) is 55.3 Å². The van der Waals surface area contributed by atoms with E-state index in [9.17, 15) is 8.42 Å². The van der Waals surface area contributed by atoms with Gasteiger partial charge < -0.3 is 0 Å². The summed E-state index contributed by atoms with van der Waals surface area (Å²) in [5.41, 5.74) is 1.85. The van der Waals surface area contributed by atoms with E-state index in [2.05, 4.69) is 20.7 Å². The van der Waals surface area contributed by atoms with Crippen molar-refractivity contribution in [2.24, 2.45) is 0 Å². The topological polar surface area (TPSA) is 46.2 Å². The largest absolute Gasteiger partial charge is 0.280 e. The molecule has 0 heterocycles. The van der Waals surface area contributed by atoms with Crippen molar-refractivity contribution >= 4 is 43.2 Å². The predicted octanol–water partition coefficient (Wildman–Crippen LogP) is 4.52. The van der Waals surface area contributed by atoms with Gasteiger partial charge in [-0.25, -0.2) is 8.42 Å². The lowest BCUT2D eigenvalue weighted by Gasteiger charge is -2.12. The van der Waals surface area contributed by atoms with Crippen molar-refractivity contribution in [3.05, 3.63) is 57.0 Å². The van der Waals surface area contributed by atoms with Gasteiger partial charge in [0, 0.05) is 15.2 Å². The lowest BCUT2D eigenvalue weighted by atomic mass is 10.2. The van der Waals surface area contributed by atoms with Crippen molar-refractivity contribution in [3.63, 3.8) is 0 Å². The second-order valence-electron chi connectivity index (χ2n) is 4.48. The number of benzene rings is 2. The Morgan fingerprint density at radius 3 is 2.45 bits per heavy atom. The Kier molecular flexibility index (Phi) is 4.42. The maximum Gasteiger partial charge on any atom is 0.262 e. The molecule has 0 saturated carbocycles. The Morgan fingerprint density at radius 2 is 1.80 bits per heavy atom. The predicted molar refractivity (Wildman–Crippen MR) is 85.9 cm³/mol. The normalized spacial score (nSPS) is 11.4. The van der Waals surface area contributed by atoms with Crippen molar-refractivity contribution in [2.45, 2.75) is 18.7 Å². The van der Waals surface area contributed by atoms with Crippen LogP contribution >= 0.6 is 27.5 Å². The van der Waals surface area contributed by atoms with E-state index >= 15 is 0 Å². The van der Waals surface area contributed by atoms with Crippen LogP contribution in [0, 0.1) is 13.8 Å². The summed E-state index contributed by atoms with van der Waals surface area (Å²) in [6.07, 6.45) is 0. The van der Waals surface area contributed by atoms with Crippen molar-refractivity contribution in [2.75, 3.05) is 4.72 Å². The van der Waals surface area contributed by atoms with Gasteiger partial charge in [0.25, 0.3) is 10.0 Å². The van der Waals surface area contributed by atoms with E-state index in [0.717, 1.165) is 10.0 Å². The van der Waals surface area contributed by atoms with Crippen LogP contribution in [0.4, 0.5) is 5.69 Å². The van der Waals surface area contributed by atoms with Gasteiger partial charge in [0.1, 0.15) is 0 Å². The molecule has 0 aromatic heterocycles. The highest BCUT2D eigenvalue weighted by Gasteiger charge is 2.18. The molecule has 0 aliphatic carbocycles. The highest BCUT2D eigenvalue weighted by atomic mass is 79.9. The number of halogens is 2. The zero-order valence-electron chi connectivity index (χ0n) is 10.9. The summed E-state index contributed by atoms with van der Waals surface area (Å²) in [7, 11) is -3.63. The van der Waals surface area contributed by atoms with E-state index < -0.39 is 10.0 Å². The third-order valence-electron chi connectivity index (χ3n) is 2.82. The summed E-state index contributed by atoms with van der Waals surface area (Å²) < 4.78 is 28.2. The molecular weight excluding hydrogens is 362 g/mol. The third kappa shape index (κ3) is 3.34. The Labute approximate surface area is 132 Å². The molecule has 0 unspecified atom stereocenters. The summed E-state index contributed by atoms with van der Waals surface area (Å²) >= 11 is 9.30. The number of nitrogens with one attached hydrogen (secondary N) is 1. The van der Waals surface area contributed by atoms with Crippen LogP contribution in [-0.4, -0.2) is 8.42 Å². The Balaban J connectivity index is 2.43. The molecule has 3 nitrogen and oxygen atoms in total. The average molecular weight is 375 g/mol. The molecule has 1 N–H and O–H groups in total. The molecule has 0 aliphatic heterocycles. The summed E-state index contributed by atoms with van der Waals surface area (Å²) in [5, 5.41) is 0.559. The Hall–Kier alpha value is -1.04. The van der Waals surface area contributed by atoms with Crippen LogP contribution in [0.25, 0.3) is 0 Å². The molecular formula is C14H13BrClNO2S. The molecule has 2 aromatic rings. The first-order valence-corrected chi connectivity index (χ1v) is 8.50. The minimum atomic E-state index is -3.63. The standard InChI is InChI=1S/C14H13BrClNO2S/c1-9-7-14(10(2)6-13(9)16)20(18,19)17-12-5-3-4-11(15)8-12/h3-8,17H,1-2H3. The molecule has 0 saturated heterocycles. The molecule has 106 valence electrons. The molecule has 0 amide bonds. The Morgan fingerprint density at radius 1 is 1.10 bits per heavy atom. The Bertz CT molecular complexity index is 760. The fraction of sp³-hybridized carbons (Fsp3) is 0.143. The van der Waals surface area contributed by atoms with Gasteiger partial charge in [0.05, 0.1) is 4.90 Å². The number of hydrogen-bond donors (Lipinski definition) is 1. The SMILES string of the molecule is Cc1cc(S(=O)(=O)Nc2cccc(Br)c2)c(C)cc1Cl. The molecule has 6 heteroatoms. The fourth-order valence-electron chi connectivity index (χ4n) is 1.81. The number of anilines is 1. The molecule has 2 aromatic carbocycles. The monoisotopic (exact) mass is 373 g/mol. The molecule has 0 radical (unpaired) electrons. The van der Waals surface area contributed by atoms with Crippen LogP contribution < -0.4 is 4.72 Å². The molecule has 0 atom stereocenters. The van der Waals surface area contributed by atoms with Gasteiger partial charge >= 0.3 is 0 Å².